The Morgan fingerprint density at radius 3 is 2.89 bits per heavy atom. The molecule has 1 aliphatic heterocycles. The Bertz CT molecular complexity index is 238. The van der Waals surface area contributed by atoms with Crippen molar-refractivity contribution in [3.8, 4) is 0 Å². The Labute approximate surface area is 132 Å². The summed E-state index contributed by atoms with van der Waals surface area (Å²) in [6.45, 7) is 1.50. The highest BCUT2D eigenvalue weighted by Gasteiger charge is 2.15. The maximum atomic E-state index is 11.6. The van der Waals surface area contributed by atoms with Crippen LogP contribution in [0.5, 0.6) is 0 Å². The zero-order valence-corrected chi connectivity index (χ0v) is 14.5. The highest BCUT2D eigenvalue weighted by Crippen LogP contribution is 2.39. The van der Waals surface area contributed by atoms with Crippen LogP contribution in [-0.4, -0.2) is 41.5 Å². The first-order chi connectivity index (χ1) is 9.33. The van der Waals surface area contributed by atoms with Gasteiger partial charge in [0, 0.05) is 42.0 Å². The van der Waals surface area contributed by atoms with E-state index in [-0.39, 0.29) is 5.91 Å². The van der Waals surface area contributed by atoms with Crippen molar-refractivity contribution in [2.75, 3.05) is 30.3 Å². The monoisotopic (exact) mass is 340 g/mol. The number of hydrogen-bond acceptors (Lipinski definition) is 6. The topological polar surface area (TPSA) is 55.1 Å². The van der Waals surface area contributed by atoms with Crippen molar-refractivity contribution in [2.24, 2.45) is 5.73 Å². The van der Waals surface area contributed by atoms with E-state index in [1.54, 1.807) is 21.6 Å². The smallest absolute Gasteiger partial charge is 0.220 e. The predicted molar refractivity (Wildman–Crippen MR) is 93.9 cm³/mol. The standard InChI is InChI=1S/C12H24N2OS4/c13-6-9-16-17-10-7-14-12(15)4-2-1-3-11-5-8-18-19-11/h11H,1-10,13H2,(H,14,15)/t11-/m1/s1. The normalized spacial score (nSPS) is 18.7. The molecule has 0 aromatic heterocycles. The van der Waals surface area contributed by atoms with Gasteiger partial charge < -0.3 is 11.1 Å². The van der Waals surface area contributed by atoms with Gasteiger partial charge in [0.05, 0.1) is 0 Å². The first-order valence-electron chi connectivity index (χ1n) is 6.82. The molecule has 7 heteroatoms. The van der Waals surface area contributed by atoms with E-state index < -0.39 is 0 Å². The van der Waals surface area contributed by atoms with Gasteiger partial charge in [-0.2, -0.15) is 0 Å². The Morgan fingerprint density at radius 2 is 2.16 bits per heavy atom. The van der Waals surface area contributed by atoms with Crippen molar-refractivity contribution in [1.29, 1.82) is 0 Å². The molecule has 0 radical (unpaired) electrons. The maximum Gasteiger partial charge on any atom is 0.220 e. The first-order valence-corrected chi connectivity index (χ1v) is 11.7. The molecule has 0 aliphatic carbocycles. The summed E-state index contributed by atoms with van der Waals surface area (Å²) in [5.41, 5.74) is 5.40. The summed E-state index contributed by atoms with van der Waals surface area (Å²) in [7, 11) is 7.58. The second-order valence-electron chi connectivity index (χ2n) is 4.36. The molecule has 1 heterocycles. The second kappa shape index (κ2) is 12.6. The van der Waals surface area contributed by atoms with Gasteiger partial charge in [0.1, 0.15) is 0 Å². The molecule has 3 N–H and O–H groups in total. The molecule has 1 saturated heterocycles. The SMILES string of the molecule is NCCSSCCNC(=O)CCCC[C@@H]1CCSS1. The van der Waals surface area contributed by atoms with Crippen LogP contribution in [-0.2, 0) is 4.79 Å². The molecule has 1 rings (SSSR count). The van der Waals surface area contributed by atoms with Crippen LogP contribution >= 0.6 is 43.2 Å². The lowest BCUT2D eigenvalue weighted by Gasteiger charge is -2.07. The summed E-state index contributed by atoms with van der Waals surface area (Å²) >= 11 is 0. The highest BCUT2D eigenvalue weighted by molar-refractivity contribution is 8.77. The van der Waals surface area contributed by atoms with E-state index in [2.05, 4.69) is 5.32 Å². The fourth-order valence-corrected chi connectivity index (χ4v) is 6.50. The van der Waals surface area contributed by atoms with Gasteiger partial charge in [0.25, 0.3) is 0 Å². The van der Waals surface area contributed by atoms with E-state index in [0.717, 1.165) is 36.3 Å². The molecule has 112 valence electrons. The zero-order chi connectivity index (χ0) is 13.8. The highest BCUT2D eigenvalue weighted by atomic mass is 33.1. The van der Waals surface area contributed by atoms with E-state index in [4.69, 9.17) is 5.73 Å². The average Bonchev–Trinajstić information content (AvgIpc) is 2.92. The molecule has 0 saturated carbocycles. The van der Waals surface area contributed by atoms with E-state index >= 15 is 0 Å². The number of carbonyl (C=O) groups is 1. The van der Waals surface area contributed by atoms with Crippen LogP contribution in [0.25, 0.3) is 0 Å². The summed E-state index contributed by atoms with van der Waals surface area (Å²) in [5, 5.41) is 3.81. The largest absolute Gasteiger partial charge is 0.355 e. The minimum atomic E-state index is 0.206. The summed E-state index contributed by atoms with van der Waals surface area (Å²) in [5.74, 6) is 3.45. The number of unbranched alkanes of at least 4 members (excludes halogenated alkanes) is 1. The van der Waals surface area contributed by atoms with Gasteiger partial charge in [-0.1, -0.05) is 49.6 Å². The van der Waals surface area contributed by atoms with Crippen LogP contribution in [0, 0.1) is 0 Å². The van der Waals surface area contributed by atoms with Gasteiger partial charge in [-0.3, -0.25) is 4.79 Å². The lowest BCUT2D eigenvalue weighted by molar-refractivity contribution is -0.121. The van der Waals surface area contributed by atoms with Crippen LogP contribution in [0.15, 0.2) is 0 Å². The van der Waals surface area contributed by atoms with E-state index in [1.807, 2.05) is 21.6 Å². The van der Waals surface area contributed by atoms with Crippen LogP contribution in [0.1, 0.15) is 32.1 Å². The van der Waals surface area contributed by atoms with Gasteiger partial charge in [-0.25, -0.2) is 0 Å². The second-order valence-corrected chi connectivity index (χ2v) is 9.85. The fourth-order valence-electron chi connectivity index (χ4n) is 1.71. The summed E-state index contributed by atoms with van der Waals surface area (Å²) in [6.07, 6.45) is 5.52. The number of carbonyl (C=O) groups excluding carboxylic acids is 1. The molecule has 0 aromatic carbocycles. The predicted octanol–water partition coefficient (Wildman–Crippen LogP) is 3.16. The molecule has 19 heavy (non-hydrogen) atoms. The van der Waals surface area contributed by atoms with Crippen molar-refractivity contribution in [1.82, 2.24) is 5.32 Å². The molecule has 0 aromatic rings. The van der Waals surface area contributed by atoms with Gasteiger partial charge in [-0.15, -0.1) is 0 Å². The average molecular weight is 341 g/mol. The Morgan fingerprint density at radius 1 is 1.32 bits per heavy atom. The Hall–Kier alpha value is 0.830. The fraction of sp³-hybridized carbons (Fsp3) is 0.917. The van der Waals surface area contributed by atoms with E-state index in [0.29, 0.717) is 6.42 Å². The van der Waals surface area contributed by atoms with Gasteiger partial charge in [0.2, 0.25) is 5.91 Å². The minimum Gasteiger partial charge on any atom is -0.355 e. The van der Waals surface area contributed by atoms with Crippen molar-refractivity contribution < 1.29 is 4.79 Å². The Balaban J connectivity index is 1.82. The van der Waals surface area contributed by atoms with Gasteiger partial charge >= 0.3 is 0 Å². The molecule has 1 fully saturated rings. The molecule has 0 unspecified atom stereocenters. The first kappa shape index (κ1) is 17.9. The van der Waals surface area contributed by atoms with Crippen molar-refractivity contribution in [3.05, 3.63) is 0 Å². The van der Waals surface area contributed by atoms with E-state index in [1.165, 1.54) is 25.0 Å². The zero-order valence-electron chi connectivity index (χ0n) is 11.3. The van der Waals surface area contributed by atoms with Crippen molar-refractivity contribution in [3.63, 3.8) is 0 Å². The lowest BCUT2D eigenvalue weighted by Crippen LogP contribution is -2.25. The molecule has 1 amide bonds. The molecular formula is C12H24N2OS4. The van der Waals surface area contributed by atoms with Crippen LogP contribution in [0.4, 0.5) is 0 Å². The number of rotatable bonds is 11. The lowest BCUT2D eigenvalue weighted by atomic mass is 10.1. The third-order valence-corrected chi connectivity index (χ3v) is 8.15. The number of amides is 1. The quantitative estimate of drug-likeness (QED) is 0.445. The summed E-state index contributed by atoms with van der Waals surface area (Å²) < 4.78 is 0. The summed E-state index contributed by atoms with van der Waals surface area (Å²) in [4.78, 5) is 11.6. The maximum absolute atomic E-state index is 11.6. The van der Waals surface area contributed by atoms with Gasteiger partial charge in [0.15, 0.2) is 0 Å². The number of hydrogen-bond donors (Lipinski definition) is 2. The third-order valence-electron chi connectivity index (χ3n) is 2.70. The van der Waals surface area contributed by atoms with E-state index in [9.17, 15) is 4.79 Å². The molecule has 1 atom stereocenters. The molecule has 1 aliphatic rings. The van der Waals surface area contributed by atoms with Crippen LogP contribution in [0.3, 0.4) is 0 Å². The molecule has 3 nitrogen and oxygen atoms in total. The number of nitrogens with one attached hydrogen (secondary N) is 1. The van der Waals surface area contributed by atoms with Crippen LogP contribution < -0.4 is 11.1 Å². The van der Waals surface area contributed by atoms with Crippen molar-refractivity contribution >= 4 is 49.1 Å². The Kier molecular flexibility index (Phi) is 11.8. The summed E-state index contributed by atoms with van der Waals surface area (Å²) in [6, 6.07) is 0. The van der Waals surface area contributed by atoms with Crippen LogP contribution in [0.2, 0.25) is 0 Å². The molecule has 0 spiro atoms. The van der Waals surface area contributed by atoms with Crippen molar-refractivity contribution in [2.45, 2.75) is 37.4 Å². The molecular weight excluding hydrogens is 316 g/mol. The number of nitrogens with two attached hydrogens (primary N) is 1. The third kappa shape index (κ3) is 10.2. The van der Waals surface area contributed by atoms with Gasteiger partial charge in [-0.05, 0) is 19.3 Å². The minimum absolute atomic E-state index is 0.206. The molecule has 0 bridgehead atoms.